The highest BCUT2D eigenvalue weighted by Crippen LogP contribution is 2.34. The topological polar surface area (TPSA) is 21.3 Å². The van der Waals surface area contributed by atoms with E-state index in [0.717, 1.165) is 19.7 Å². The van der Waals surface area contributed by atoms with E-state index in [1.54, 1.807) is 0 Å². The van der Waals surface area contributed by atoms with E-state index in [-0.39, 0.29) is 6.10 Å². The summed E-state index contributed by atoms with van der Waals surface area (Å²) in [5.41, 5.74) is 4.02. The third-order valence-corrected chi connectivity index (χ3v) is 3.75. The lowest BCUT2D eigenvalue weighted by Gasteiger charge is -2.21. The molecule has 2 nitrogen and oxygen atoms in total. The second-order valence-electron chi connectivity index (χ2n) is 6.31. The maximum atomic E-state index is 5.98. The lowest BCUT2D eigenvalue weighted by atomic mass is 9.93. The lowest BCUT2D eigenvalue weighted by molar-refractivity contribution is 0.0903. The van der Waals surface area contributed by atoms with Gasteiger partial charge in [-0.1, -0.05) is 43.2 Å². The Hall–Kier alpha value is -0.860. The van der Waals surface area contributed by atoms with Crippen molar-refractivity contribution in [3.63, 3.8) is 0 Å². The maximum Gasteiger partial charge on any atom is 0.0866 e. The minimum absolute atomic E-state index is 0.276. The standard InChI is InChI=1S/C17H27NO/c1-12(2)10-18-11-15-5-6-19-17(15)16-8-13(3)7-14(4)9-16/h7-9,12,15,17-18H,5-6,10-11H2,1-4H3. The van der Waals surface area contributed by atoms with Crippen LogP contribution in [0, 0.1) is 25.7 Å². The summed E-state index contributed by atoms with van der Waals surface area (Å²) >= 11 is 0. The average Bonchev–Trinajstić information content (AvgIpc) is 2.75. The van der Waals surface area contributed by atoms with Gasteiger partial charge in [-0.3, -0.25) is 0 Å². The van der Waals surface area contributed by atoms with Crippen LogP contribution in [0.2, 0.25) is 0 Å². The molecular weight excluding hydrogens is 234 g/mol. The number of rotatable bonds is 5. The molecule has 2 unspecified atom stereocenters. The van der Waals surface area contributed by atoms with Crippen LogP contribution in [0.15, 0.2) is 18.2 Å². The van der Waals surface area contributed by atoms with Gasteiger partial charge in [0, 0.05) is 19.1 Å². The third-order valence-electron chi connectivity index (χ3n) is 3.75. The molecule has 106 valence electrons. The highest BCUT2D eigenvalue weighted by atomic mass is 16.5. The molecule has 2 heteroatoms. The Bertz CT molecular complexity index is 393. The van der Waals surface area contributed by atoms with Crippen LogP contribution < -0.4 is 5.32 Å². The predicted octanol–water partition coefficient (Wildman–Crippen LogP) is 3.63. The fourth-order valence-electron chi connectivity index (χ4n) is 2.94. The van der Waals surface area contributed by atoms with Crippen molar-refractivity contribution in [2.24, 2.45) is 11.8 Å². The first-order valence-electron chi connectivity index (χ1n) is 7.46. The Morgan fingerprint density at radius 2 is 1.89 bits per heavy atom. The normalized spacial score (nSPS) is 23.2. The molecule has 0 amide bonds. The molecule has 0 saturated carbocycles. The summed E-state index contributed by atoms with van der Waals surface area (Å²) in [7, 11) is 0. The summed E-state index contributed by atoms with van der Waals surface area (Å²) in [6.07, 6.45) is 1.45. The van der Waals surface area contributed by atoms with Gasteiger partial charge in [0.15, 0.2) is 0 Å². The number of hydrogen-bond acceptors (Lipinski definition) is 2. The Balaban J connectivity index is 2.01. The number of benzene rings is 1. The molecule has 0 aliphatic carbocycles. The van der Waals surface area contributed by atoms with Gasteiger partial charge >= 0.3 is 0 Å². The van der Waals surface area contributed by atoms with E-state index in [1.807, 2.05) is 0 Å². The van der Waals surface area contributed by atoms with Gasteiger partial charge in [0.1, 0.15) is 0 Å². The Morgan fingerprint density at radius 1 is 1.21 bits per heavy atom. The molecule has 1 fully saturated rings. The molecule has 0 radical (unpaired) electrons. The minimum atomic E-state index is 0.276. The van der Waals surface area contributed by atoms with Crippen molar-refractivity contribution in [3.05, 3.63) is 34.9 Å². The van der Waals surface area contributed by atoms with E-state index in [0.29, 0.717) is 11.8 Å². The van der Waals surface area contributed by atoms with Crippen molar-refractivity contribution in [1.29, 1.82) is 0 Å². The van der Waals surface area contributed by atoms with Crippen LogP contribution in [-0.4, -0.2) is 19.7 Å². The van der Waals surface area contributed by atoms with E-state index >= 15 is 0 Å². The van der Waals surface area contributed by atoms with Gasteiger partial charge in [0.05, 0.1) is 6.10 Å². The first-order chi connectivity index (χ1) is 9.06. The van der Waals surface area contributed by atoms with Gasteiger partial charge in [0.25, 0.3) is 0 Å². The van der Waals surface area contributed by atoms with Crippen LogP contribution in [0.25, 0.3) is 0 Å². The van der Waals surface area contributed by atoms with Crippen molar-refractivity contribution in [1.82, 2.24) is 5.32 Å². The molecule has 0 bridgehead atoms. The molecule has 19 heavy (non-hydrogen) atoms. The molecule has 2 rings (SSSR count). The van der Waals surface area contributed by atoms with Crippen LogP contribution in [-0.2, 0) is 4.74 Å². The maximum absolute atomic E-state index is 5.98. The first kappa shape index (κ1) is 14.5. The molecule has 1 aromatic rings. The van der Waals surface area contributed by atoms with E-state index in [9.17, 15) is 0 Å². The van der Waals surface area contributed by atoms with Crippen molar-refractivity contribution >= 4 is 0 Å². The van der Waals surface area contributed by atoms with Crippen molar-refractivity contribution in [2.45, 2.75) is 40.2 Å². The van der Waals surface area contributed by atoms with Crippen LogP contribution in [0.4, 0.5) is 0 Å². The Labute approximate surface area is 117 Å². The summed E-state index contributed by atoms with van der Waals surface area (Å²) in [4.78, 5) is 0. The van der Waals surface area contributed by atoms with Gasteiger partial charge in [-0.15, -0.1) is 0 Å². The minimum Gasteiger partial charge on any atom is -0.373 e. The second kappa shape index (κ2) is 6.53. The van der Waals surface area contributed by atoms with Crippen LogP contribution in [0.1, 0.15) is 43.1 Å². The molecule has 1 saturated heterocycles. The highest BCUT2D eigenvalue weighted by Gasteiger charge is 2.29. The van der Waals surface area contributed by atoms with Crippen molar-refractivity contribution in [2.75, 3.05) is 19.7 Å². The highest BCUT2D eigenvalue weighted by molar-refractivity contribution is 5.30. The summed E-state index contributed by atoms with van der Waals surface area (Å²) in [6, 6.07) is 6.78. The fourth-order valence-corrected chi connectivity index (χ4v) is 2.94. The molecule has 2 atom stereocenters. The molecule has 1 heterocycles. The van der Waals surface area contributed by atoms with E-state index in [2.05, 4.69) is 51.2 Å². The summed E-state index contributed by atoms with van der Waals surface area (Å²) in [5, 5.41) is 3.58. The molecular formula is C17H27NO. The van der Waals surface area contributed by atoms with Gasteiger partial charge in [-0.2, -0.15) is 0 Å². The molecule has 1 aliphatic rings. The Morgan fingerprint density at radius 3 is 2.53 bits per heavy atom. The zero-order valence-electron chi connectivity index (χ0n) is 12.7. The van der Waals surface area contributed by atoms with Crippen LogP contribution in [0.3, 0.4) is 0 Å². The predicted molar refractivity (Wildman–Crippen MR) is 80.4 cm³/mol. The smallest absolute Gasteiger partial charge is 0.0866 e. The molecule has 1 aliphatic heterocycles. The Kier molecular flexibility index (Phi) is 5.00. The number of nitrogens with one attached hydrogen (secondary N) is 1. The number of ether oxygens (including phenoxy) is 1. The fraction of sp³-hybridized carbons (Fsp3) is 0.647. The largest absolute Gasteiger partial charge is 0.373 e. The lowest BCUT2D eigenvalue weighted by Crippen LogP contribution is -2.28. The molecule has 0 aromatic heterocycles. The molecule has 1 N–H and O–H groups in total. The van der Waals surface area contributed by atoms with Crippen molar-refractivity contribution < 1.29 is 4.74 Å². The molecule has 0 spiro atoms. The zero-order chi connectivity index (χ0) is 13.8. The van der Waals surface area contributed by atoms with E-state index in [1.165, 1.54) is 23.1 Å². The second-order valence-corrected chi connectivity index (χ2v) is 6.31. The van der Waals surface area contributed by atoms with E-state index < -0.39 is 0 Å². The zero-order valence-corrected chi connectivity index (χ0v) is 12.7. The van der Waals surface area contributed by atoms with Crippen molar-refractivity contribution in [3.8, 4) is 0 Å². The van der Waals surface area contributed by atoms with Gasteiger partial charge < -0.3 is 10.1 Å². The monoisotopic (exact) mass is 261 g/mol. The SMILES string of the molecule is Cc1cc(C)cc(C2OCCC2CNCC(C)C)c1. The summed E-state index contributed by atoms with van der Waals surface area (Å²) < 4.78 is 5.98. The average molecular weight is 261 g/mol. The van der Waals surface area contributed by atoms with Crippen LogP contribution >= 0.6 is 0 Å². The van der Waals surface area contributed by atoms with Gasteiger partial charge in [-0.05, 0) is 38.3 Å². The summed E-state index contributed by atoms with van der Waals surface area (Å²) in [6.45, 7) is 11.9. The quantitative estimate of drug-likeness (QED) is 0.874. The summed E-state index contributed by atoms with van der Waals surface area (Å²) in [5.74, 6) is 1.32. The number of hydrogen-bond donors (Lipinski definition) is 1. The number of aryl methyl sites for hydroxylation is 2. The van der Waals surface area contributed by atoms with Crippen LogP contribution in [0.5, 0.6) is 0 Å². The van der Waals surface area contributed by atoms with E-state index in [4.69, 9.17) is 4.74 Å². The third kappa shape index (κ3) is 4.05. The first-order valence-corrected chi connectivity index (χ1v) is 7.46. The molecule has 1 aromatic carbocycles. The van der Waals surface area contributed by atoms with Gasteiger partial charge in [0.2, 0.25) is 0 Å². The van der Waals surface area contributed by atoms with Gasteiger partial charge in [-0.25, -0.2) is 0 Å².